The van der Waals surface area contributed by atoms with Crippen LogP contribution in [0.5, 0.6) is 0 Å². The van der Waals surface area contributed by atoms with E-state index in [9.17, 15) is 4.79 Å². The van der Waals surface area contributed by atoms with Gasteiger partial charge in [0.15, 0.2) is 0 Å². The highest BCUT2D eigenvalue weighted by Gasteiger charge is 2.26. The highest BCUT2D eigenvalue weighted by molar-refractivity contribution is 5.75. The molecule has 0 unspecified atom stereocenters. The Balaban J connectivity index is 1.75. The van der Waals surface area contributed by atoms with Gasteiger partial charge in [-0.05, 0) is 56.5 Å². The molecule has 0 spiro atoms. The number of aromatic nitrogens is 3. The third-order valence-electron chi connectivity index (χ3n) is 4.84. The van der Waals surface area contributed by atoms with Crippen LogP contribution in [0.4, 0.5) is 0 Å². The lowest BCUT2D eigenvalue weighted by Gasteiger charge is -2.20. The van der Waals surface area contributed by atoms with Crippen molar-refractivity contribution in [2.24, 2.45) is 5.41 Å². The smallest absolute Gasteiger partial charge is 0.311 e. The average Bonchev–Trinajstić information content (AvgIpc) is 3.06. The van der Waals surface area contributed by atoms with Crippen LogP contribution < -0.4 is 0 Å². The molecule has 3 rings (SSSR count). The maximum Gasteiger partial charge on any atom is 0.311 e. The zero-order chi connectivity index (χ0) is 18.7. The summed E-state index contributed by atoms with van der Waals surface area (Å²) >= 11 is 0. The van der Waals surface area contributed by atoms with Crippen LogP contribution in [0.25, 0.3) is 16.7 Å². The van der Waals surface area contributed by atoms with E-state index in [1.165, 1.54) is 0 Å². The van der Waals surface area contributed by atoms with Crippen LogP contribution in [0.1, 0.15) is 38.3 Å². The summed E-state index contributed by atoms with van der Waals surface area (Å²) in [6.45, 7) is 8.23. The van der Waals surface area contributed by atoms with Gasteiger partial charge in [-0.2, -0.15) is 4.80 Å². The third kappa shape index (κ3) is 3.77. The highest BCUT2D eigenvalue weighted by atomic mass is 16.5. The number of fused-ring (bicyclic) bond motifs is 1. The Morgan fingerprint density at radius 1 is 1.12 bits per heavy atom. The van der Waals surface area contributed by atoms with E-state index in [1.807, 2.05) is 52.0 Å². The van der Waals surface area contributed by atoms with Crippen molar-refractivity contribution in [1.82, 2.24) is 15.0 Å². The number of esters is 1. The van der Waals surface area contributed by atoms with Gasteiger partial charge in [-0.1, -0.05) is 31.2 Å². The molecular weight excluding hydrogens is 326 g/mol. The van der Waals surface area contributed by atoms with Crippen molar-refractivity contribution >= 4 is 17.0 Å². The predicted molar refractivity (Wildman–Crippen MR) is 102 cm³/mol. The minimum absolute atomic E-state index is 0.146. The topological polar surface area (TPSA) is 57.0 Å². The molecule has 1 aromatic heterocycles. The van der Waals surface area contributed by atoms with Gasteiger partial charge in [0.2, 0.25) is 0 Å². The van der Waals surface area contributed by atoms with Gasteiger partial charge in [0, 0.05) is 6.42 Å². The number of rotatable bonds is 6. The van der Waals surface area contributed by atoms with Gasteiger partial charge in [-0.25, -0.2) is 0 Å². The van der Waals surface area contributed by atoms with Crippen LogP contribution in [-0.2, 0) is 16.0 Å². The second kappa shape index (κ2) is 7.28. The van der Waals surface area contributed by atoms with Crippen LogP contribution in [0.2, 0.25) is 0 Å². The van der Waals surface area contributed by atoms with Crippen LogP contribution in [0.3, 0.4) is 0 Å². The summed E-state index contributed by atoms with van der Waals surface area (Å²) < 4.78 is 5.45. The SMILES string of the molecule is CCC(C)(C)C(=O)OCCc1ccc(C)c(-n2nc3ccccc3n2)c1. The molecule has 1 heterocycles. The third-order valence-corrected chi connectivity index (χ3v) is 4.84. The minimum atomic E-state index is -0.433. The maximum atomic E-state index is 12.1. The molecule has 0 fully saturated rings. The Morgan fingerprint density at radius 3 is 2.38 bits per heavy atom. The van der Waals surface area contributed by atoms with E-state index >= 15 is 0 Å². The van der Waals surface area contributed by atoms with Crippen molar-refractivity contribution in [3.63, 3.8) is 0 Å². The maximum absolute atomic E-state index is 12.1. The summed E-state index contributed by atoms with van der Waals surface area (Å²) in [5, 5.41) is 9.11. The van der Waals surface area contributed by atoms with Crippen molar-refractivity contribution in [1.29, 1.82) is 0 Å². The Bertz CT molecular complexity index is 895. The van der Waals surface area contributed by atoms with E-state index in [4.69, 9.17) is 4.74 Å². The molecule has 136 valence electrons. The number of carbonyl (C=O) groups excluding carboxylic acids is 1. The second-order valence-electron chi connectivity index (χ2n) is 7.22. The van der Waals surface area contributed by atoms with Gasteiger partial charge < -0.3 is 4.74 Å². The fourth-order valence-corrected chi connectivity index (χ4v) is 2.59. The number of aryl methyl sites for hydroxylation is 1. The quantitative estimate of drug-likeness (QED) is 0.623. The number of benzene rings is 2. The number of carbonyl (C=O) groups is 1. The van der Waals surface area contributed by atoms with E-state index in [0.29, 0.717) is 13.0 Å². The summed E-state index contributed by atoms with van der Waals surface area (Å²) in [7, 11) is 0. The molecule has 0 radical (unpaired) electrons. The lowest BCUT2D eigenvalue weighted by Crippen LogP contribution is -2.26. The van der Waals surface area contributed by atoms with Gasteiger partial charge >= 0.3 is 5.97 Å². The van der Waals surface area contributed by atoms with Crippen molar-refractivity contribution in [2.45, 2.75) is 40.5 Å². The largest absolute Gasteiger partial charge is 0.465 e. The Kier molecular flexibility index (Phi) is 5.07. The number of ether oxygens (including phenoxy) is 1. The summed E-state index contributed by atoms with van der Waals surface area (Å²) in [5.74, 6) is -0.146. The fraction of sp³-hybridized carbons (Fsp3) is 0.381. The van der Waals surface area contributed by atoms with Crippen LogP contribution in [0.15, 0.2) is 42.5 Å². The summed E-state index contributed by atoms with van der Waals surface area (Å²) in [6.07, 6.45) is 1.43. The summed E-state index contributed by atoms with van der Waals surface area (Å²) in [4.78, 5) is 13.8. The lowest BCUT2D eigenvalue weighted by molar-refractivity contribution is -0.154. The first-order valence-corrected chi connectivity index (χ1v) is 9.00. The fourth-order valence-electron chi connectivity index (χ4n) is 2.59. The van der Waals surface area contributed by atoms with E-state index < -0.39 is 5.41 Å². The average molecular weight is 351 g/mol. The molecule has 0 bridgehead atoms. The molecule has 0 aliphatic rings. The van der Waals surface area contributed by atoms with Crippen molar-refractivity contribution in [3.05, 3.63) is 53.6 Å². The lowest BCUT2D eigenvalue weighted by atomic mass is 9.91. The first kappa shape index (κ1) is 18.1. The molecule has 0 N–H and O–H groups in total. The molecule has 3 aromatic rings. The van der Waals surface area contributed by atoms with Crippen LogP contribution in [0, 0.1) is 12.3 Å². The number of hydrogen-bond donors (Lipinski definition) is 0. The number of hydrogen-bond acceptors (Lipinski definition) is 4. The summed E-state index contributed by atoms with van der Waals surface area (Å²) in [6, 6.07) is 14.0. The molecule has 5 heteroatoms. The predicted octanol–water partition coefficient (Wildman–Crippen LogP) is 4.25. The van der Waals surface area contributed by atoms with Gasteiger partial charge in [0.05, 0.1) is 17.7 Å². The van der Waals surface area contributed by atoms with Gasteiger partial charge in [0.25, 0.3) is 0 Å². The molecule has 5 nitrogen and oxygen atoms in total. The van der Waals surface area contributed by atoms with Gasteiger partial charge in [-0.3, -0.25) is 4.79 Å². The molecule has 0 atom stereocenters. The molecule has 0 saturated carbocycles. The molecular formula is C21H25N3O2. The highest BCUT2D eigenvalue weighted by Crippen LogP contribution is 2.22. The molecule has 0 amide bonds. The first-order valence-electron chi connectivity index (χ1n) is 9.00. The van der Waals surface area contributed by atoms with E-state index in [-0.39, 0.29) is 5.97 Å². The Labute approximate surface area is 154 Å². The van der Waals surface area contributed by atoms with Gasteiger partial charge in [0.1, 0.15) is 11.0 Å². The zero-order valence-corrected chi connectivity index (χ0v) is 15.8. The molecule has 2 aromatic carbocycles. The zero-order valence-electron chi connectivity index (χ0n) is 15.8. The Hall–Kier alpha value is -2.69. The van der Waals surface area contributed by atoms with Crippen LogP contribution in [-0.4, -0.2) is 27.6 Å². The van der Waals surface area contributed by atoms with E-state index in [2.05, 4.69) is 28.4 Å². The second-order valence-corrected chi connectivity index (χ2v) is 7.22. The molecule has 0 saturated heterocycles. The van der Waals surface area contributed by atoms with E-state index in [1.54, 1.807) is 4.80 Å². The van der Waals surface area contributed by atoms with Crippen molar-refractivity contribution in [2.75, 3.05) is 6.61 Å². The monoisotopic (exact) mass is 351 g/mol. The molecule has 0 aliphatic heterocycles. The van der Waals surface area contributed by atoms with Crippen molar-refractivity contribution < 1.29 is 9.53 Å². The van der Waals surface area contributed by atoms with Crippen LogP contribution >= 0.6 is 0 Å². The van der Waals surface area contributed by atoms with Crippen molar-refractivity contribution in [3.8, 4) is 5.69 Å². The molecule has 26 heavy (non-hydrogen) atoms. The minimum Gasteiger partial charge on any atom is -0.465 e. The Morgan fingerprint density at radius 2 is 1.77 bits per heavy atom. The molecule has 0 aliphatic carbocycles. The normalized spacial score (nSPS) is 11.7. The number of nitrogens with zero attached hydrogens (tertiary/aromatic N) is 3. The van der Waals surface area contributed by atoms with E-state index in [0.717, 1.165) is 34.3 Å². The summed E-state index contributed by atoms with van der Waals surface area (Å²) in [5.41, 5.74) is 4.43. The van der Waals surface area contributed by atoms with Gasteiger partial charge in [-0.15, -0.1) is 10.2 Å². The standard InChI is InChI=1S/C21H25N3O2/c1-5-21(3,4)20(25)26-13-12-16-11-10-15(2)19(14-16)24-22-17-8-6-7-9-18(17)23-24/h6-11,14H,5,12-13H2,1-4H3. The first-order chi connectivity index (χ1) is 12.4.